The Morgan fingerprint density at radius 3 is 2.94 bits per heavy atom. The van der Waals surface area contributed by atoms with Crippen molar-refractivity contribution in [2.24, 2.45) is 0 Å². The molecule has 0 aliphatic carbocycles. The second kappa shape index (κ2) is 4.83. The Kier molecular flexibility index (Phi) is 3.42. The van der Waals surface area contributed by atoms with Crippen LogP contribution in [0.3, 0.4) is 0 Å². The standard InChI is InChI=1S/C11H12BrN3O2/c1-3-8-9(10(16)17-4-2)15-6-7(12)5-13-11(15)14-8/h5-6H,3-4H2,1-2H3. The topological polar surface area (TPSA) is 56.5 Å². The number of aromatic nitrogens is 3. The van der Waals surface area contributed by atoms with E-state index in [9.17, 15) is 4.79 Å². The number of esters is 1. The molecule has 0 unspecified atom stereocenters. The average molecular weight is 298 g/mol. The molecule has 90 valence electrons. The Bertz CT molecular complexity index is 565. The van der Waals surface area contributed by atoms with Crippen molar-refractivity contribution in [3.63, 3.8) is 0 Å². The molecule has 2 aromatic heterocycles. The van der Waals surface area contributed by atoms with E-state index in [1.165, 1.54) is 0 Å². The summed E-state index contributed by atoms with van der Waals surface area (Å²) in [6, 6.07) is 0. The van der Waals surface area contributed by atoms with Crippen molar-refractivity contribution in [3.05, 3.63) is 28.3 Å². The van der Waals surface area contributed by atoms with Gasteiger partial charge in [-0.3, -0.25) is 4.40 Å². The lowest BCUT2D eigenvalue weighted by Crippen LogP contribution is -2.10. The zero-order chi connectivity index (χ0) is 12.4. The second-order valence-electron chi connectivity index (χ2n) is 3.42. The molecule has 17 heavy (non-hydrogen) atoms. The number of aryl methyl sites for hydroxylation is 1. The minimum Gasteiger partial charge on any atom is -0.461 e. The lowest BCUT2D eigenvalue weighted by molar-refractivity contribution is 0.0517. The van der Waals surface area contributed by atoms with Crippen LogP contribution in [0.4, 0.5) is 0 Å². The van der Waals surface area contributed by atoms with Crippen LogP contribution in [-0.4, -0.2) is 26.9 Å². The largest absolute Gasteiger partial charge is 0.461 e. The van der Waals surface area contributed by atoms with Gasteiger partial charge in [-0.05, 0) is 29.3 Å². The van der Waals surface area contributed by atoms with Crippen molar-refractivity contribution in [1.29, 1.82) is 0 Å². The molecule has 0 aliphatic rings. The highest BCUT2D eigenvalue weighted by atomic mass is 79.9. The molecule has 2 rings (SSSR count). The van der Waals surface area contributed by atoms with Gasteiger partial charge in [-0.2, -0.15) is 0 Å². The fraction of sp³-hybridized carbons (Fsp3) is 0.364. The Morgan fingerprint density at radius 1 is 1.53 bits per heavy atom. The number of ether oxygens (including phenoxy) is 1. The summed E-state index contributed by atoms with van der Waals surface area (Å²) in [6.45, 7) is 4.07. The van der Waals surface area contributed by atoms with E-state index >= 15 is 0 Å². The van der Waals surface area contributed by atoms with Crippen LogP contribution in [-0.2, 0) is 11.2 Å². The third-order valence-electron chi connectivity index (χ3n) is 2.32. The summed E-state index contributed by atoms with van der Waals surface area (Å²) in [7, 11) is 0. The lowest BCUT2D eigenvalue weighted by atomic mass is 10.2. The minimum atomic E-state index is -0.364. The number of halogens is 1. The van der Waals surface area contributed by atoms with Crippen LogP contribution in [0.1, 0.15) is 30.0 Å². The third kappa shape index (κ3) is 2.17. The molecule has 2 aromatic rings. The van der Waals surface area contributed by atoms with E-state index < -0.39 is 0 Å². The monoisotopic (exact) mass is 297 g/mol. The van der Waals surface area contributed by atoms with Crippen molar-refractivity contribution in [2.45, 2.75) is 20.3 Å². The van der Waals surface area contributed by atoms with E-state index in [2.05, 4.69) is 25.9 Å². The maximum absolute atomic E-state index is 11.9. The van der Waals surface area contributed by atoms with Crippen molar-refractivity contribution < 1.29 is 9.53 Å². The smallest absolute Gasteiger partial charge is 0.357 e. The molecule has 0 saturated carbocycles. The van der Waals surface area contributed by atoms with Crippen LogP contribution in [0, 0.1) is 0 Å². The predicted molar refractivity (Wildman–Crippen MR) is 66.0 cm³/mol. The van der Waals surface area contributed by atoms with Crippen LogP contribution in [0.25, 0.3) is 5.78 Å². The van der Waals surface area contributed by atoms with Crippen molar-refractivity contribution >= 4 is 27.7 Å². The van der Waals surface area contributed by atoms with Gasteiger partial charge in [0.15, 0.2) is 5.69 Å². The van der Waals surface area contributed by atoms with E-state index in [0.29, 0.717) is 30.2 Å². The molecule has 0 radical (unpaired) electrons. The first-order valence-corrected chi connectivity index (χ1v) is 6.16. The van der Waals surface area contributed by atoms with Crippen molar-refractivity contribution in [2.75, 3.05) is 6.61 Å². The summed E-state index contributed by atoms with van der Waals surface area (Å²) in [6.07, 6.45) is 4.08. The zero-order valence-corrected chi connectivity index (χ0v) is 11.2. The third-order valence-corrected chi connectivity index (χ3v) is 2.73. The van der Waals surface area contributed by atoms with Gasteiger partial charge in [0.1, 0.15) is 0 Å². The van der Waals surface area contributed by atoms with Crippen molar-refractivity contribution in [3.8, 4) is 0 Å². The van der Waals surface area contributed by atoms with E-state index in [-0.39, 0.29) is 5.97 Å². The van der Waals surface area contributed by atoms with Crippen molar-refractivity contribution in [1.82, 2.24) is 14.4 Å². The molecule has 0 aliphatic heterocycles. The van der Waals surface area contributed by atoms with Crippen LogP contribution < -0.4 is 0 Å². The highest BCUT2D eigenvalue weighted by Gasteiger charge is 2.19. The summed E-state index contributed by atoms with van der Waals surface area (Å²) in [5.74, 6) is 0.143. The molecule has 0 bridgehead atoms. The summed E-state index contributed by atoms with van der Waals surface area (Å²) in [5.41, 5.74) is 1.16. The summed E-state index contributed by atoms with van der Waals surface area (Å²) in [5, 5.41) is 0. The van der Waals surface area contributed by atoms with Gasteiger partial charge in [0.25, 0.3) is 0 Å². The summed E-state index contributed by atoms with van der Waals surface area (Å²) >= 11 is 3.32. The lowest BCUT2D eigenvalue weighted by Gasteiger charge is -2.03. The van der Waals surface area contributed by atoms with Gasteiger partial charge in [0, 0.05) is 12.4 Å². The molecule has 0 aromatic carbocycles. The number of carbonyl (C=O) groups is 1. The number of nitrogens with zero attached hydrogens (tertiary/aromatic N) is 3. The van der Waals surface area contributed by atoms with Crippen LogP contribution in [0.5, 0.6) is 0 Å². The molecule has 6 heteroatoms. The number of hydrogen-bond donors (Lipinski definition) is 0. The number of rotatable bonds is 3. The quantitative estimate of drug-likeness (QED) is 0.815. The fourth-order valence-corrected chi connectivity index (χ4v) is 1.93. The Morgan fingerprint density at radius 2 is 2.29 bits per heavy atom. The van der Waals surface area contributed by atoms with Gasteiger partial charge in [0.05, 0.1) is 16.8 Å². The minimum absolute atomic E-state index is 0.344. The van der Waals surface area contributed by atoms with Gasteiger partial charge in [-0.25, -0.2) is 14.8 Å². The number of carbonyl (C=O) groups excluding carboxylic acids is 1. The molecule has 0 saturated heterocycles. The Hall–Kier alpha value is -1.43. The Balaban J connectivity index is 2.64. The van der Waals surface area contributed by atoms with E-state index in [1.807, 2.05) is 6.92 Å². The summed E-state index contributed by atoms with van der Waals surface area (Å²) < 4.78 is 7.48. The highest BCUT2D eigenvalue weighted by Crippen LogP contribution is 2.16. The van der Waals surface area contributed by atoms with E-state index in [0.717, 1.165) is 4.47 Å². The zero-order valence-electron chi connectivity index (χ0n) is 9.61. The highest BCUT2D eigenvalue weighted by molar-refractivity contribution is 9.10. The maximum Gasteiger partial charge on any atom is 0.357 e. The molecule has 0 atom stereocenters. The van der Waals surface area contributed by atoms with E-state index in [1.54, 1.807) is 23.7 Å². The van der Waals surface area contributed by atoms with Crippen LogP contribution in [0.2, 0.25) is 0 Å². The second-order valence-corrected chi connectivity index (χ2v) is 4.34. The average Bonchev–Trinajstić information content (AvgIpc) is 2.66. The number of hydrogen-bond acceptors (Lipinski definition) is 4. The van der Waals surface area contributed by atoms with Crippen LogP contribution >= 0.6 is 15.9 Å². The molecule has 0 spiro atoms. The fourth-order valence-electron chi connectivity index (χ4n) is 1.62. The molecule has 0 N–H and O–H groups in total. The normalized spacial score (nSPS) is 10.8. The summed E-state index contributed by atoms with van der Waals surface area (Å²) in [4.78, 5) is 20.3. The molecule has 2 heterocycles. The van der Waals surface area contributed by atoms with Gasteiger partial charge in [0.2, 0.25) is 5.78 Å². The molecule has 0 amide bonds. The van der Waals surface area contributed by atoms with Gasteiger partial charge in [-0.15, -0.1) is 0 Å². The maximum atomic E-state index is 11.9. The van der Waals surface area contributed by atoms with Gasteiger partial charge >= 0.3 is 5.97 Å². The first-order chi connectivity index (χ1) is 8.17. The molecule has 5 nitrogen and oxygen atoms in total. The molecule has 0 fully saturated rings. The molecular weight excluding hydrogens is 286 g/mol. The first kappa shape index (κ1) is 12.0. The Labute approximate surface area is 107 Å². The van der Waals surface area contributed by atoms with E-state index in [4.69, 9.17) is 4.74 Å². The SMILES string of the molecule is CCOC(=O)c1c(CC)nc2ncc(Br)cn12. The number of fused-ring (bicyclic) bond motifs is 1. The number of imidazole rings is 1. The van der Waals surface area contributed by atoms with Gasteiger partial charge in [-0.1, -0.05) is 6.92 Å². The molecular formula is C11H12BrN3O2. The van der Waals surface area contributed by atoms with Gasteiger partial charge < -0.3 is 4.74 Å². The van der Waals surface area contributed by atoms with Crippen LogP contribution in [0.15, 0.2) is 16.9 Å². The predicted octanol–water partition coefficient (Wildman–Crippen LogP) is 2.23. The first-order valence-electron chi connectivity index (χ1n) is 5.37.